The van der Waals surface area contributed by atoms with Crippen LogP contribution < -0.4 is 5.32 Å². The fraction of sp³-hybridized carbons (Fsp3) is 0.833. The highest BCUT2D eigenvalue weighted by molar-refractivity contribution is 6.60. The van der Waals surface area contributed by atoms with Crippen LogP contribution in [0.2, 0.25) is 6.04 Å². The summed E-state index contributed by atoms with van der Waals surface area (Å²) in [7, 11) is -2.62. The van der Waals surface area contributed by atoms with Gasteiger partial charge >= 0.3 is 14.9 Å². The normalized spacial score (nSPS) is 19.7. The number of nitrogens with one attached hydrogen (secondary N) is 1. The number of hydrogen-bond acceptors (Lipinski definition) is 5. The fourth-order valence-electron chi connectivity index (χ4n) is 2.93. The zero-order valence-corrected chi connectivity index (χ0v) is 17.1. The van der Waals surface area contributed by atoms with E-state index < -0.39 is 8.80 Å². The molecule has 0 aromatic carbocycles. The molecule has 0 saturated heterocycles. The molecular weight excluding hydrogens is 338 g/mol. The molecule has 6 nitrogen and oxygen atoms in total. The van der Waals surface area contributed by atoms with Crippen LogP contribution in [0, 0.1) is 0 Å². The van der Waals surface area contributed by atoms with Crippen LogP contribution >= 0.6 is 0 Å². The fourth-order valence-corrected chi connectivity index (χ4v) is 5.55. The van der Waals surface area contributed by atoms with Crippen LogP contribution in [0.25, 0.3) is 0 Å². The SMILES string of the molecule is CCO[Si](CCCNC(=O)OC1CC/C=C/CCC1)(OCC)OCC. The third kappa shape index (κ3) is 9.39. The molecule has 146 valence electrons. The number of allylic oxidation sites excluding steroid dienone is 2. The second-order valence-electron chi connectivity index (χ2n) is 6.02. The lowest BCUT2D eigenvalue weighted by Gasteiger charge is -2.28. The molecule has 1 atom stereocenters. The minimum Gasteiger partial charge on any atom is -0.446 e. The smallest absolute Gasteiger partial charge is 0.446 e. The number of rotatable bonds is 11. The molecule has 0 aromatic heterocycles. The Bertz CT molecular complexity index is 375. The Morgan fingerprint density at radius 1 is 1.04 bits per heavy atom. The first-order valence-electron chi connectivity index (χ1n) is 9.67. The van der Waals surface area contributed by atoms with Crippen LogP contribution in [0.1, 0.15) is 59.3 Å². The average molecular weight is 374 g/mol. The first kappa shape index (κ1) is 22.1. The number of carbonyl (C=O) groups excluding carboxylic acids is 1. The van der Waals surface area contributed by atoms with E-state index in [2.05, 4.69) is 17.5 Å². The Labute approximate surface area is 153 Å². The van der Waals surface area contributed by atoms with Crippen molar-refractivity contribution in [2.45, 2.75) is 71.4 Å². The summed E-state index contributed by atoms with van der Waals surface area (Å²) in [6.45, 7) is 8.07. The molecule has 0 radical (unpaired) electrons. The third-order valence-electron chi connectivity index (χ3n) is 4.01. The predicted octanol–water partition coefficient (Wildman–Crippen LogP) is 4.04. The van der Waals surface area contributed by atoms with E-state index in [0.29, 0.717) is 32.4 Å². The highest BCUT2D eigenvalue weighted by Gasteiger charge is 2.39. The van der Waals surface area contributed by atoms with Crippen molar-refractivity contribution in [1.29, 1.82) is 0 Å². The summed E-state index contributed by atoms with van der Waals surface area (Å²) in [5.41, 5.74) is 0. The van der Waals surface area contributed by atoms with Crippen molar-refractivity contribution in [3.8, 4) is 0 Å². The summed E-state index contributed by atoms with van der Waals surface area (Å²) in [5, 5.41) is 2.84. The Balaban J connectivity index is 2.31. The van der Waals surface area contributed by atoms with Crippen molar-refractivity contribution < 1.29 is 22.8 Å². The van der Waals surface area contributed by atoms with E-state index in [-0.39, 0.29) is 12.2 Å². The van der Waals surface area contributed by atoms with E-state index in [1.54, 1.807) is 0 Å². The molecule has 7 heteroatoms. The highest BCUT2D eigenvalue weighted by Crippen LogP contribution is 2.18. The number of alkyl carbamates (subject to hydrolysis) is 1. The molecule has 1 unspecified atom stereocenters. The van der Waals surface area contributed by atoms with Crippen molar-refractivity contribution in [2.24, 2.45) is 0 Å². The number of carbonyl (C=O) groups is 1. The van der Waals surface area contributed by atoms with Gasteiger partial charge in [-0.1, -0.05) is 12.2 Å². The van der Waals surface area contributed by atoms with Gasteiger partial charge in [-0.15, -0.1) is 0 Å². The van der Waals surface area contributed by atoms with Gasteiger partial charge in [0.05, 0.1) is 0 Å². The van der Waals surface area contributed by atoms with Crippen molar-refractivity contribution in [1.82, 2.24) is 5.32 Å². The minimum atomic E-state index is -2.62. The van der Waals surface area contributed by atoms with Crippen molar-refractivity contribution >= 4 is 14.9 Å². The topological polar surface area (TPSA) is 66.0 Å². The van der Waals surface area contributed by atoms with Gasteiger partial charge in [0.15, 0.2) is 0 Å². The molecule has 0 spiro atoms. The summed E-state index contributed by atoms with van der Waals surface area (Å²) in [4.78, 5) is 12.0. The quantitative estimate of drug-likeness (QED) is 0.336. The van der Waals surface area contributed by atoms with Gasteiger partial charge in [-0.3, -0.25) is 0 Å². The van der Waals surface area contributed by atoms with E-state index in [1.807, 2.05) is 20.8 Å². The number of hydrogen-bond donors (Lipinski definition) is 1. The maximum Gasteiger partial charge on any atom is 0.500 e. The van der Waals surface area contributed by atoms with Crippen molar-refractivity contribution in [2.75, 3.05) is 26.4 Å². The number of amides is 1. The molecule has 1 aliphatic rings. The lowest BCUT2D eigenvalue weighted by molar-refractivity contribution is 0.0699. The highest BCUT2D eigenvalue weighted by atomic mass is 28.4. The molecule has 0 bridgehead atoms. The molecular formula is C18H35NO5Si. The first-order chi connectivity index (χ1) is 12.2. The van der Waals surface area contributed by atoms with Crippen LogP contribution in [0.3, 0.4) is 0 Å². The van der Waals surface area contributed by atoms with Gasteiger partial charge in [0.2, 0.25) is 0 Å². The standard InChI is InChI=1S/C18H35NO5Si/c1-4-21-25(22-5-2,23-6-3)16-12-15-19-18(20)24-17-13-10-8-7-9-11-14-17/h7-8,17H,4-6,9-16H2,1-3H3,(H,19,20)/b8-7+. The molecule has 0 heterocycles. The number of ether oxygens (including phenoxy) is 1. The third-order valence-corrected chi connectivity index (χ3v) is 7.17. The Morgan fingerprint density at radius 3 is 2.32 bits per heavy atom. The zero-order chi connectivity index (χ0) is 18.4. The van der Waals surface area contributed by atoms with Crippen molar-refractivity contribution in [3.05, 3.63) is 12.2 Å². The minimum absolute atomic E-state index is 0.0219. The Kier molecular flexibility index (Phi) is 11.8. The summed E-state index contributed by atoms with van der Waals surface area (Å²) >= 11 is 0. The molecule has 1 N–H and O–H groups in total. The lowest BCUT2D eigenvalue weighted by Crippen LogP contribution is -2.46. The van der Waals surface area contributed by atoms with E-state index in [9.17, 15) is 4.79 Å². The lowest BCUT2D eigenvalue weighted by atomic mass is 10.0. The maximum absolute atomic E-state index is 12.0. The van der Waals surface area contributed by atoms with E-state index in [0.717, 1.165) is 38.5 Å². The van der Waals surface area contributed by atoms with Crippen LogP contribution in [-0.4, -0.2) is 47.4 Å². The van der Waals surface area contributed by atoms with Gasteiger partial charge in [-0.2, -0.15) is 0 Å². The van der Waals surface area contributed by atoms with Gasteiger partial charge < -0.3 is 23.3 Å². The monoisotopic (exact) mass is 373 g/mol. The molecule has 0 saturated carbocycles. The molecule has 25 heavy (non-hydrogen) atoms. The molecule has 0 fully saturated rings. The van der Waals surface area contributed by atoms with Gasteiger partial charge in [0.1, 0.15) is 6.10 Å². The van der Waals surface area contributed by atoms with Crippen LogP contribution in [0.5, 0.6) is 0 Å². The summed E-state index contributed by atoms with van der Waals surface area (Å²) in [6.07, 6.45) is 9.78. The molecule has 1 amide bonds. The van der Waals surface area contributed by atoms with Gasteiger partial charge in [-0.05, 0) is 59.3 Å². The molecule has 1 aliphatic carbocycles. The van der Waals surface area contributed by atoms with E-state index in [4.69, 9.17) is 18.0 Å². The van der Waals surface area contributed by atoms with Crippen LogP contribution in [-0.2, 0) is 18.0 Å². The molecule has 1 rings (SSSR count). The average Bonchev–Trinajstić information content (AvgIpc) is 2.55. The molecule has 0 aliphatic heterocycles. The summed E-state index contributed by atoms with van der Waals surface area (Å²) < 4.78 is 23.0. The van der Waals surface area contributed by atoms with Gasteiger partial charge in [0.25, 0.3) is 0 Å². The van der Waals surface area contributed by atoms with E-state index >= 15 is 0 Å². The maximum atomic E-state index is 12.0. The second kappa shape index (κ2) is 13.3. The first-order valence-corrected chi connectivity index (χ1v) is 11.6. The molecule has 0 aromatic rings. The van der Waals surface area contributed by atoms with Gasteiger partial charge in [-0.25, -0.2) is 4.79 Å². The second-order valence-corrected chi connectivity index (χ2v) is 8.75. The van der Waals surface area contributed by atoms with Crippen LogP contribution in [0.4, 0.5) is 4.79 Å². The Morgan fingerprint density at radius 2 is 1.68 bits per heavy atom. The summed E-state index contributed by atoms with van der Waals surface area (Å²) in [5.74, 6) is 0. The largest absolute Gasteiger partial charge is 0.500 e. The Hall–Kier alpha value is -0.893. The van der Waals surface area contributed by atoms with Crippen LogP contribution in [0.15, 0.2) is 12.2 Å². The predicted molar refractivity (Wildman–Crippen MR) is 101 cm³/mol. The van der Waals surface area contributed by atoms with Gasteiger partial charge in [0, 0.05) is 32.4 Å². The van der Waals surface area contributed by atoms with Crippen molar-refractivity contribution in [3.63, 3.8) is 0 Å². The summed E-state index contributed by atoms with van der Waals surface area (Å²) in [6, 6.07) is 0.691. The zero-order valence-electron chi connectivity index (χ0n) is 16.1. The van der Waals surface area contributed by atoms with E-state index in [1.165, 1.54) is 0 Å².